The van der Waals surface area contributed by atoms with Crippen molar-refractivity contribution in [2.45, 2.75) is 20.4 Å². The molecule has 6 nitrogen and oxygen atoms in total. The first kappa shape index (κ1) is 16.7. The van der Waals surface area contributed by atoms with Crippen LogP contribution in [0.5, 0.6) is 5.75 Å². The van der Waals surface area contributed by atoms with E-state index in [1.807, 2.05) is 25.1 Å². The summed E-state index contributed by atoms with van der Waals surface area (Å²) in [5.74, 6) is 0.233. The van der Waals surface area contributed by atoms with Crippen LogP contribution in [0.4, 0.5) is 0 Å². The van der Waals surface area contributed by atoms with Gasteiger partial charge in [-0.15, -0.1) is 0 Å². The van der Waals surface area contributed by atoms with E-state index in [1.165, 1.54) is 0 Å². The molecule has 128 valence electrons. The summed E-state index contributed by atoms with van der Waals surface area (Å²) in [5, 5.41) is 3.62. The Morgan fingerprint density at radius 1 is 1.16 bits per heavy atom. The van der Waals surface area contributed by atoms with Gasteiger partial charge in [0.2, 0.25) is 0 Å². The highest BCUT2D eigenvalue weighted by Gasteiger charge is 2.09. The van der Waals surface area contributed by atoms with Crippen molar-refractivity contribution in [3.63, 3.8) is 0 Å². The van der Waals surface area contributed by atoms with Crippen LogP contribution in [0.15, 0.2) is 51.9 Å². The van der Waals surface area contributed by atoms with Gasteiger partial charge < -0.3 is 14.5 Å². The van der Waals surface area contributed by atoms with Gasteiger partial charge in [0, 0.05) is 36.0 Å². The van der Waals surface area contributed by atoms with Crippen molar-refractivity contribution in [2.24, 2.45) is 0 Å². The number of nitrogens with zero attached hydrogens (tertiary/aromatic N) is 1. The van der Waals surface area contributed by atoms with Crippen molar-refractivity contribution in [3.05, 3.63) is 69.8 Å². The van der Waals surface area contributed by atoms with Gasteiger partial charge in [-0.25, -0.2) is 4.79 Å². The van der Waals surface area contributed by atoms with Gasteiger partial charge in [0.1, 0.15) is 11.3 Å². The molecular formula is C19H18N2O4. The summed E-state index contributed by atoms with van der Waals surface area (Å²) in [6.07, 6.45) is 3.34. The second-order valence-corrected chi connectivity index (χ2v) is 5.72. The SMILES string of the molecule is Cc1c(C)c2ccc(OCC(=O)NCc3ccncc3)cc2oc1=O. The molecule has 0 fully saturated rings. The topological polar surface area (TPSA) is 81.4 Å². The smallest absolute Gasteiger partial charge is 0.339 e. The molecule has 0 saturated carbocycles. The lowest BCUT2D eigenvalue weighted by Gasteiger charge is -2.09. The van der Waals surface area contributed by atoms with Gasteiger partial charge >= 0.3 is 5.63 Å². The third-order valence-electron chi connectivity index (χ3n) is 4.04. The number of benzene rings is 1. The predicted octanol–water partition coefficient (Wildman–Crippen LogP) is 2.50. The number of hydrogen-bond donors (Lipinski definition) is 1. The Morgan fingerprint density at radius 3 is 2.68 bits per heavy atom. The van der Waals surface area contributed by atoms with Gasteiger partial charge in [-0.3, -0.25) is 9.78 Å². The van der Waals surface area contributed by atoms with Gasteiger partial charge in [-0.2, -0.15) is 0 Å². The number of amides is 1. The minimum absolute atomic E-state index is 0.119. The Hall–Kier alpha value is -3.15. The number of pyridine rings is 1. The van der Waals surface area contributed by atoms with Crippen molar-refractivity contribution in [1.82, 2.24) is 10.3 Å². The molecule has 1 amide bonds. The summed E-state index contributed by atoms with van der Waals surface area (Å²) in [6.45, 7) is 3.90. The normalized spacial score (nSPS) is 10.6. The molecule has 0 radical (unpaired) electrons. The van der Waals surface area contributed by atoms with Gasteiger partial charge in [-0.1, -0.05) is 0 Å². The highest BCUT2D eigenvalue weighted by atomic mass is 16.5. The molecule has 0 unspecified atom stereocenters. The first-order chi connectivity index (χ1) is 12.0. The summed E-state index contributed by atoms with van der Waals surface area (Å²) < 4.78 is 10.8. The quantitative estimate of drug-likeness (QED) is 0.723. The van der Waals surface area contributed by atoms with E-state index >= 15 is 0 Å². The van der Waals surface area contributed by atoms with Gasteiger partial charge in [0.25, 0.3) is 5.91 Å². The van der Waals surface area contributed by atoms with E-state index in [0.717, 1.165) is 16.5 Å². The van der Waals surface area contributed by atoms with Gasteiger partial charge in [-0.05, 0) is 49.2 Å². The Morgan fingerprint density at radius 2 is 1.92 bits per heavy atom. The summed E-state index contributed by atoms with van der Waals surface area (Å²) in [4.78, 5) is 27.6. The minimum Gasteiger partial charge on any atom is -0.484 e. The molecule has 2 heterocycles. The fourth-order valence-corrected chi connectivity index (χ4v) is 2.42. The second kappa shape index (κ2) is 7.17. The van der Waals surface area contributed by atoms with E-state index in [-0.39, 0.29) is 18.1 Å². The maximum Gasteiger partial charge on any atom is 0.339 e. The zero-order valence-corrected chi connectivity index (χ0v) is 14.0. The fourth-order valence-electron chi connectivity index (χ4n) is 2.42. The number of ether oxygens (including phenoxy) is 1. The number of aromatic nitrogens is 1. The summed E-state index contributed by atoms with van der Waals surface area (Å²) in [7, 11) is 0. The van der Waals surface area contributed by atoms with Crippen LogP contribution in [0.1, 0.15) is 16.7 Å². The number of nitrogens with one attached hydrogen (secondary N) is 1. The third-order valence-corrected chi connectivity index (χ3v) is 4.04. The van der Waals surface area contributed by atoms with Crippen molar-refractivity contribution in [1.29, 1.82) is 0 Å². The molecule has 0 aliphatic heterocycles. The van der Waals surface area contributed by atoms with Crippen molar-refractivity contribution in [3.8, 4) is 5.75 Å². The largest absolute Gasteiger partial charge is 0.484 e. The van der Waals surface area contributed by atoms with Crippen molar-refractivity contribution >= 4 is 16.9 Å². The Labute approximate surface area is 144 Å². The van der Waals surface area contributed by atoms with Crippen molar-refractivity contribution < 1.29 is 13.9 Å². The summed E-state index contributed by atoms with van der Waals surface area (Å²) in [6, 6.07) is 8.86. The highest BCUT2D eigenvalue weighted by Crippen LogP contribution is 2.23. The molecule has 3 rings (SSSR count). The number of carbonyl (C=O) groups excluding carboxylic acids is 1. The lowest BCUT2D eigenvalue weighted by atomic mass is 10.1. The Balaban J connectivity index is 1.64. The molecule has 0 bridgehead atoms. The number of rotatable bonds is 5. The molecule has 6 heteroatoms. The monoisotopic (exact) mass is 338 g/mol. The molecule has 25 heavy (non-hydrogen) atoms. The van der Waals surface area contributed by atoms with Crippen LogP contribution < -0.4 is 15.7 Å². The number of aryl methyl sites for hydroxylation is 1. The van der Waals surface area contributed by atoms with E-state index in [4.69, 9.17) is 9.15 Å². The lowest BCUT2D eigenvalue weighted by molar-refractivity contribution is -0.123. The molecule has 1 aromatic carbocycles. The first-order valence-corrected chi connectivity index (χ1v) is 7.87. The molecule has 3 aromatic rings. The first-order valence-electron chi connectivity index (χ1n) is 7.87. The van der Waals surface area contributed by atoms with Crippen LogP contribution in [0.3, 0.4) is 0 Å². The molecular weight excluding hydrogens is 320 g/mol. The lowest BCUT2D eigenvalue weighted by Crippen LogP contribution is -2.28. The van der Waals surface area contributed by atoms with Crippen LogP contribution in [0, 0.1) is 13.8 Å². The molecule has 0 aliphatic carbocycles. The maximum absolute atomic E-state index is 11.9. The fraction of sp³-hybridized carbons (Fsp3) is 0.211. The number of carbonyl (C=O) groups is 1. The van der Waals surface area contributed by atoms with E-state index in [1.54, 1.807) is 31.5 Å². The average molecular weight is 338 g/mol. The molecule has 2 aromatic heterocycles. The Kier molecular flexibility index (Phi) is 4.79. The maximum atomic E-state index is 11.9. The molecule has 0 saturated heterocycles. The van der Waals surface area contributed by atoms with Crippen LogP contribution in [0.2, 0.25) is 0 Å². The standard InChI is InChI=1S/C19H18N2O4/c1-12-13(2)19(23)25-17-9-15(3-4-16(12)17)24-11-18(22)21-10-14-5-7-20-8-6-14/h3-9H,10-11H2,1-2H3,(H,21,22). The van der Waals surface area contributed by atoms with Gasteiger partial charge in [0.05, 0.1) is 0 Å². The zero-order chi connectivity index (χ0) is 17.8. The second-order valence-electron chi connectivity index (χ2n) is 5.72. The average Bonchev–Trinajstić information content (AvgIpc) is 2.63. The predicted molar refractivity (Wildman–Crippen MR) is 93.5 cm³/mol. The van der Waals surface area contributed by atoms with Crippen LogP contribution in [-0.2, 0) is 11.3 Å². The number of fused-ring (bicyclic) bond motifs is 1. The Bertz CT molecular complexity index is 964. The highest BCUT2D eigenvalue weighted by molar-refractivity contribution is 5.82. The van der Waals surface area contributed by atoms with Crippen LogP contribution in [0.25, 0.3) is 11.0 Å². The minimum atomic E-state index is -0.364. The molecule has 0 atom stereocenters. The zero-order valence-electron chi connectivity index (χ0n) is 14.0. The van der Waals surface area contributed by atoms with Crippen LogP contribution in [-0.4, -0.2) is 17.5 Å². The molecule has 1 N–H and O–H groups in total. The summed E-state index contributed by atoms with van der Waals surface area (Å²) in [5.41, 5.74) is 2.52. The van der Waals surface area contributed by atoms with Crippen molar-refractivity contribution in [2.75, 3.05) is 6.61 Å². The van der Waals surface area contributed by atoms with E-state index in [9.17, 15) is 9.59 Å². The van der Waals surface area contributed by atoms with E-state index < -0.39 is 0 Å². The molecule has 0 aliphatic rings. The summed E-state index contributed by atoms with van der Waals surface area (Å²) >= 11 is 0. The third kappa shape index (κ3) is 3.85. The molecule has 0 spiro atoms. The van der Waals surface area contributed by atoms with E-state index in [0.29, 0.717) is 23.4 Å². The van der Waals surface area contributed by atoms with Gasteiger partial charge in [0.15, 0.2) is 6.61 Å². The number of hydrogen-bond acceptors (Lipinski definition) is 5. The van der Waals surface area contributed by atoms with Crippen LogP contribution >= 0.6 is 0 Å². The van der Waals surface area contributed by atoms with E-state index in [2.05, 4.69) is 10.3 Å².